The number of aromatic nitrogens is 3. The molecule has 3 rings (SSSR count). The van der Waals surface area contributed by atoms with Crippen molar-refractivity contribution in [3.8, 4) is 5.88 Å². The van der Waals surface area contributed by atoms with Gasteiger partial charge < -0.3 is 25.3 Å². The molecular weight excluding hydrogens is 497 g/mol. The molecule has 0 radical (unpaired) electrons. The van der Waals surface area contributed by atoms with Crippen LogP contribution in [0.15, 0.2) is 29.8 Å². The predicted octanol–water partition coefficient (Wildman–Crippen LogP) is 2.78. The Kier molecular flexibility index (Phi) is 9.88. The van der Waals surface area contributed by atoms with Crippen molar-refractivity contribution in [3.05, 3.63) is 36.0 Å². The minimum Gasteiger partial charge on any atom is -0.481 e. The maximum atomic E-state index is 14.0. The molecule has 0 aliphatic heterocycles. The van der Waals surface area contributed by atoms with Crippen molar-refractivity contribution in [2.24, 2.45) is 17.0 Å². The highest BCUT2D eigenvalue weighted by Gasteiger charge is 2.34. The first-order chi connectivity index (χ1) is 18.2. The highest BCUT2D eigenvalue weighted by atomic mass is 19.1. The van der Waals surface area contributed by atoms with E-state index in [0.717, 1.165) is 31.9 Å². The summed E-state index contributed by atoms with van der Waals surface area (Å²) in [5.74, 6) is -1.20. The number of nitrogens with one attached hydrogen (secondary N) is 3. The largest absolute Gasteiger partial charge is 0.481 e. The van der Waals surface area contributed by atoms with E-state index in [1.807, 2.05) is 0 Å². The van der Waals surface area contributed by atoms with Crippen LogP contribution in [0.2, 0.25) is 0 Å². The number of carbonyl (C=O) groups excluding carboxylic acids is 2. The van der Waals surface area contributed by atoms with E-state index >= 15 is 0 Å². The summed E-state index contributed by atoms with van der Waals surface area (Å²) in [6.45, 7) is 3.60. The van der Waals surface area contributed by atoms with Crippen molar-refractivity contribution in [3.63, 3.8) is 0 Å². The van der Waals surface area contributed by atoms with Gasteiger partial charge in [0.25, 0.3) is 5.91 Å². The number of pyridine rings is 1. The summed E-state index contributed by atoms with van der Waals surface area (Å²) in [7, 11) is 2.92. The molecule has 38 heavy (non-hydrogen) atoms. The Labute approximate surface area is 220 Å². The molecule has 2 atom stereocenters. The third-order valence-corrected chi connectivity index (χ3v) is 6.75. The number of ether oxygens (including phenoxy) is 2. The van der Waals surface area contributed by atoms with E-state index in [1.165, 1.54) is 38.1 Å². The highest BCUT2D eigenvalue weighted by molar-refractivity contribution is 6.65. The summed E-state index contributed by atoms with van der Waals surface area (Å²) in [6, 6.07) is -0.217. The molecule has 1 unspecified atom stereocenters. The fraction of sp³-hybridized carbons (Fsp3) is 0.520. The first-order valence-electron chi connectivity index (χ1n) is 12.3. The molecule has 0 saturated heterocycles. The van der Waals surface area contributed by atoms with Crippen LogP contribution in [0.1, 0.15) is 51.1 Å². The van der Waals surface area contributed by atoms with E-state index in [0.29, 0.717) is 17.2 Å². The minimum atomic E-state index is -0.910. The molecule has 2 heterocycles. The van der Waals surface area contributed by atoms with E-state index in [4.69, 9.17) is 20.1 Å². The Balaban J connectivity index is 1.83. The first kappa shape index (κ1) is 28.7. The van der Waals surface area contributed by atoms with Gasteiger partial charge in [-0.15, -0.1) is 0 Å². The van der Waals surface area contributed by atoms with E-state index in [-0.39, 0.29) is 24.1 Å². The van der Waals surface area contributed by atoms with Gasteiger partial charge in [0.2, 0.25) is 11.8 Å². The van der Waals surface area contributed by atoms with Crippen LogP contribution in [0, 0.1) is 23.1 Å². The van der Waals surface area contributed by atoms with Crippen molar-refractivity contribution in [2.75, 3.05) is 26.1 Å². The fourth-order valence-corrected chi connectivity index (χ4v) is 4.56. The maximum absolute atomic E-state index is 14.0. The zero-order chi connectivity index (χ0) is 27.8. The van der Waals surface area contributed by atoms with Crippen molar-refractivity contribution in [1.29, 1.82) is 5.41 Å². The lowest BCUT2D eigenvalue weighted by molar-refractivity contribution is -0.124. The van der Waals surface area contributed by atoms with Crippen LogP contribution < -0.4 is 15.4 Å². The van der Waals surface area contributed by atoms with Gasteiger partial charge in [-0.1, -0.05) is 24.9 Å². The van der Waals surface area contributed by atoms with E-state index < -0.39 is 35.4 Å². The van der Waals surface area contributed by atoms with E-state index in [1.54, 1.807) is 6.20 Å². The molecule has 2 aromatic rings. The van der Waals surface area contributed by atoms with Crippen molar-refractivity contribution in [1.82, 2.24) is 20.1 Å². The summed E-state index contributed by atoms with van der Waals surface area (Å²) in [4.78, 5) is 30.0. The molecular formula is C25H34FN7O5. The Morgan fingerprint density at radius 2 is 2.00 bits per heavy atom. The molecule has 0 bridgehead atoms. The zero-order valence-electron chi connectivity index (χ0n) is 21.9. The Bertz CT molecular complexity index is 1180. The second-order valence-corrected chi connectivity index (χ2v) is 9.45. The molecule has 13 heteroatoms. The normalized spacial score (nSPS) is 19.3. The van der Waals surface area contributed by atoms with Gasteiger partial charge in [0.05, 0.1) is 31.8 Å². The molecule has 4 N–H and O–H groups in total. The standard InChI is InChI=1S/C25H34FN7O5/c1-14-5-7-16(8-6-14)22(31-23(34)21(27)15(2)32-36)24(35)30-18-11-29-33(12-18)20(13-37-3)19-9-17(26)10-28-25(19)38-4/h9-12,14,16,20,22,27,36H,5-8,13H2,1-4H3,(H,30,35)(H,31,34)/b27-21?,32-15-/t14-,16-,20?,22-/m0/s1. The number of halogens is 1. The lowest BCUT2D eigenvalue weighted by Gasteiger charge is -2.32. The number of anilines is 1. The molecule has 0 spiro atoms. The second-order valence-electron chi connectivity index (χ2n) is 9.45. The third-order valence-electron chi connectivity index (χ3n) is 6.75. The lowest BCUT2D eigenvalue weighted by Crippen LogP contribution is -2.51. The average Bonchev–Trinajstić information content (AvgIpc) is 3.37. The summed E-state index contributed by atoms with van der Waals surface area (Å²) in [5, 5.41) is 29.5. The Morgan fingerprint density at radius 1 is 1.29 bits per heavy atom. The quantitative estimate of drug-likeness (QED) is 0.197. The van der Waals surface area contributed by atoms with Gasteiger partial charge in [-0.3, -0.25) is 19.7 Å². The van der Waals surface area contributed by atoms with Crippen LogP contribution in [-0.2, 0) is 14.3 Å². The average molecular weight is 532 g/mol. The molecule has 1 aliphatic carbocycles. The lowest BCUT2D eigenvalue weighted by atomic mass is 9.79. The van der Waals surface area contributed by atoms with Crippen molar-refractivity contribution < 1.29 is 28.7 Å². The topological polar surface area (TPSA) is 164 Å². The SMILES string of the molecule is COCC(c1cc(F)cnc1OC)n1cc(NC(=O)[C@@H](NC(=O)C(=N)/C(C)=N\O)[C@H]2CC[C@H](C)CC2)cn1. The van der Waals surface area contributed by atoms with Gasteiger partial charge in [0.1, 0.15) is 29.3 Å². The van der Waals surface area contributed by atoms with Gasteiger partial charge in [-0.2, -0.15) is 5.10 Å². The number of hydrogen-bond donors (Lipinski definition) is 4. The van der Waals surface area contributed by atoms with Gasteiger partial charge in [0.15, 0.2) is 0 Å². The van der Waals surface area contributed by atoms with Crippen LogP contribution in [0.5, 0.6) is 5.88 Å². The van der Waals surface area contributed by atoms with Crippen LogP contribution in [0.3, 0.4) is 0 Å². The molecule has 12 nitrogen and oxygen atoms in total. The number of amides is 2. The minimum absolute atomic E-state index is 0.128. The molecule has 0 aromatic carbocycles. The zero-order valence-corrected chi connectivity index (χ0v) is 21.9. The van der Waals surface area contributed by atoms with Gasteiger partial charge in [-0.25, -0.2) is 9.37 Å². The van der Waals surface area contributed by atoms with E-state index in [9.17, 15) is 14.0 Å². The molecule has 1 fully saturated rings. The highest BCUT2D eigenvalue weighted by Crippen LogP contribution is 2.31. The number of methoxy groups -OCH3 is 2. The number of rotatable bonds is 11. The van der Waals surface area contributed by atoms with Crippen molar-refractivity contribution >= 4 is 28.9 Å². The molecule has 206 valence electrons. The molecule has 2 amide bonds. The third kappa shape index (κ3) is 6.91. The molecule has 2 aromatic heterocycles. The smallest absolute Gasteiger partial charge is 0.271 e. The number of hydrogen-bond acceptors (Lipinski definition) is 9. The Morgan fingerprint density at radius 3 is 2.63 bits per heavy atom. The maximum Gasteiger partial charge on any atom is 0.271 e. The monoisotopic (exact) mass is 531 g/mol. The summed E-state index contributed by atoms with van der Waals surface area (Å²) in [5.41, 5.74) is 0.0799. The summed E-state index contributed by atoms with van der Waals surface area (Å²) >= 11 is 0. The van der Waals surface area contributed by atoms with E-state index in [2.05, 4.69) is 32.8 Å². The number of oxime groups is 1. The first-order valence-corrected chi connectivity index (χ1v) is 12.3. The van der Waals surface area contributed by atoms with Gasteiger partial charge in [0, 0.05) is 18.9 Å². The van der Waals surface area contributed by atoms with Crippen LogP contribution >= 0.6 is 0 Å². The van der Waals surface area contributed by atoms with Crippen LogP contribution in [0.4, 0.5) is 10.1 Å². The fourth-order valence-electron chi connectivity index (χ4n) is 4.56. The van der Waals surface area contributed by atoms with Crippen LogP contribution in [-0.4, -0.2) is 70.1 Å². The molecule has 1 saturated carbocycles. The van der Waals surface area contributed by atoms with Gasteiger partial charge >= 0.3 is 0 Å². The summed E-state index contributed by atoms with van der Waals surface area (Å²) in [6.07, 6.45) is 7.36. The number of nitrogens with zero attached hydrogens (tertiary/aromatic N) is 4. The van der Waals surface area contributed by atoms with Crippen LogP contribution in [0.25, 0.3) is 0 Å². The molecule has 1 aliphatic rings. The second kappa shape index (κ2) is 13.1. The Hall–Kier alpha value is -3.87. The van der Waals surface area contributed by atoms with Crippen molar-refractivity contribution in [2.45, 2.75) is 51.6 Å². The summed E-state index contributed by atoms with van der Waals surface area (Å²) < 4.78 is 26.1. The van der Waals surface area contributed by atoms with Gasteiger partial charge in [-0.05, 0) is 37.7 Å². The number of carbonyl (C=O) groups is 2. The predicted molar refractivity (Wildman–Crippen MR) is 137 cm³/mol.